The lowest BCUT2D eigenvalue weighted by atomic mass is 9.91. The van der Waals surface area contributed by atoms with Crippen LogP contribution in [0.1, 0.15) is 26.3 Å². The monoisotopic (exact) mass is 344 g/mol. The molecule has 1 aromatic carbocycles. The van der Waals surface area contributed by atoms with Crippen molar-refractivity contribution in [2.24, 2.45) is 11.8 Å². The lowest BCUT2D eigenvalue weighted by Gasteiger charge is -2.35. The van der Waals surface area contributed by atoms with Gasteiger partial charge in [0.25, 0.3) is 5.60 Å². The Bertz CT molecular complexity index is 554. The van der Waals surface area contributed by atoms with Gasteiger partial charge in [-0.3, -0.25) is 0 Å². The van der Waals surface area contributed by atoms with Crippen LogP contribution < -0.4 is 0 Å². The SMILES string of the molecule is C=C[C@H](C)[C@H](OC(=O)[C@@](OC)(c1ccccc1)C(F)(F)F)C(C)C. The standard InChI is InChI=1S/C18H23F3O3/c1-6-13(4)15(12(2)3)24-16(22)17(23-5,18(19,20)21)14-10-8-7-9-11-14/h6-13,15H,1H2,2-5H3/t13-,15+,17-/m0/s1. The molecule has 0 amide bonds. The number of halogens is 3. The molecule has 6 heteroatoms. The van der Waals surface area contributed by atoms with Crippen LogP contribution in [-0.2, 0) is 19.9 Å². The third-order valence-electron chi connectivity index (χ3n) is 3.96. The molecule has 0 unspecified atom stereocenters. The molecule has 0 saturated heterocycles. The highest BCUT2D eigenvalue weighted by Gasteiger charge is 2.64. The van der Waals surface area contributed by atoms with E-state index in [0.29, 0.717) is 0 Å². The molecule has 0 radical (unpaired) electrons. The number of carbonyl (C=O) groups excluding carboxylic acids is 1. The number of esters is 1. The molecule has 0 spiro atoms. The molecule has 0 aliphatic carbocycles. The van der Waals surface area contributed by atoms with Crippen molar-refractivity contribution in [2.75, 3.05) is 7.11 Å². The summed E-state index contributed by atoms with van der Waals surface area (Å²) in [5.41, 5.74) is -3.48. The summed E-state index contributed by atoms with van der Waals surface area (Å²) in [5, 5.41) is 0. The molecular formula is C18H23F3O3. The van der Waals surface area contributed by atoms with E-state index in [9.17, 15) is 18.0 Å². The highest BCUT2D eigenvalue weighted by Crippen LogP contribution is 2.43. The summed E-state index contributed by atoms with van der Waals surface area (Å²) in [4.78, 5) is 12.6. The summed E-state index contributed by atoms with van der Waals surface area (Å²) in [6, 6.07) is 6.77. The van der Waals surface area contributed by atoms with Gasteiger partial charge in [0.1, 0.15) is 6.10 Å². The fourth-order valence-electron chi connectivity index (χ4n) is 2.58. The fraction of sp³-hybridized carbons (Fsp3) is 0.500. The van der Waals surface area contributed by atoms with Crippen molar-refractivity contribution in [3.8, 4) is 0 Å². The number of rotatable bonds is 7. The van der Waals surface area contributed by atoms with Gasteiger partial charge in [-0.1, -0.05) is 57.2 Å². The van der Waals surface area contributed by atoms with E-state index in [1.807, 2.05) is 0 Å². The van der Waals surface area contributed by atoms with E-state index in [4.69, 9.17) is 9.47 Å². The van der Waals surface area contributed by atoms with E-state index in [2.05, 4.69) is 6.58 Å². The average molecular weight is 344 g/mol. The predicted octanol–water partition coefficient (Wildman–Crippen LogP) is 4.48. The Morgan fingerprint density at radius 3 is 2.08 bits per heavy atom. The first-order valence-electron chi connectivity index (χ1n) is 7.62. The first kappa shape index (κ1) is 20.2. The van der Waals surface area contributed by atoms with Gasteiger partial charge in [-0.15, -0.1) is 6.58 Å². The molecule has 0 aromatic heterocycles. The smallest absolute Gasteiger partial charge is 0.432 e. The van der Waals surface area contributed by atoms with E-state index in [0.717, 1.165) is 7.11 Å². The van der Waals surface area contributed by atoms with Gasteiger partial charge >= 0.3 is 12.1 Å². The molecule has 24 heavy (non-hydrogen) atoms. The molecule has 3 nitrogen and oxygen atoms in total. The second kappa shape index (κ2) is 7.83. The minimum absolute atomic E-state index is 0.180. The number of ether oxygens (including phenoxy) is 2. The van der Waals surface area contributed by atoms with Crippen molar-refractivity contribution in [3.63, 3.8) is 0 Å². The van der Waals surface area contributed by atoms with Crippen LogP contribution in [0.2, 0.25) is 0 Å². The normalized spacial score (nSPS) is 17.0. The van der Waals surface area contributed by atoms with Crippen molar-refractivity contribution in [1.29, 1.82) is 0 Å². The number of methoxy groups -OCH3 is 1. The van der Waals surface area contributed by atoms with E-state index >= 15 is 0 Å². The van der Waals surface area contributed by atoms with Crippen molar-refractivity contribution in [1.82, 2.24) is 0 Å². The zero-order valence-electron chi connectivity index (χ0n) is 14.3. The van der Waals surface area contributed by atoms with Gasteiger partial charge < -0.3 is 9.47 Å². The molecule has 1 aromatic rings. The summed E-state index contributed by atoms with van der Waals surface area (Å²) in [5.74, 6) is -1.95. The summed E-state index contributed by atoms with van der Waals surface area (Å²) in [7, 11) is 0.850. The summed E-state index contributed by atoms with van der Waals surface area (Å²) in [6.45, 7) is 8.88. The molecule has 0 bridgehead atoms. The molecule has 0 fully saturated rings. The van der Waals surface area contributed by atoms with Crippen molar-refractivity contribution >= 4 is 5.97 Å². The minimum atomic E-state index is -4.97. The molecule has 0 aliphatic rings. The molecule has 0 heterocycles. The molecular weight excluding hydrogens is 321 g/mol. The van der Waals surface area contributed by atoms with Crippen LogP contribution in [0.4, 0.5) is 13.2 Å². The highest BCUT2D eigenvalue weighted by molar-refractivity contribution is 5.82. The Morgan fingerprint density at radius 1 is 1.17 bits per heavy atom. The molecule has 1 rings (SSSR count). The van der Waals surface area contributed by atoms with Crippen molar-refractivity contribution < 1.29 is 27.4 Å². The first-order chi connectivity index (χ1) is 11.1. The average Bonchev–Trinajstić information content (AvgIpc) is 2.52. The fourth-order valence-corrected chi connectivity index (χ4v) is 2.58. The maximum Gasteiger partial charge on any atom is 0.432 e. The summed E-state index contributed by atoms with van der Waals surface area (Å²) >= 11 is 0. The van der Waals surface area contributed by atoms with Crippen LogP contribution in [0.5, 0.6) is 0 Å². The third-order valence-corrected chi connectivity index (χ3v) is 3.96. The Hall–Kier alpha value is -1.82. The Kier molecular flexibility index (Phi) is 6.60. The largest absolute Gasteiger partial charge is 0.459 e. The number of carbonyl (C=O) groups is 1. The molecule has 0 N–H and O–H groups in total. The van der Waals surface area contributed by atoms with Gasteiger partial charge in [0.2, 0.25) is 0 Å². The molecule has 3 atom stereocenters. The predicted molar refractivity (Wildman–Crippen MR) is 85.3 cm³/mol. The molecule has 0 saturated carbocycles. The second-order valence-corrected chi connectivity index (χ2v) is 5.96. The van der Waals surface area contributed by atoms with Crippen LogP contribution >= 0.6 is 0 Å². The van der Waals surface area contributed by atoms with Gasteiger partial charge in [-0.05, 0) is 5.92 Å². The second-order valence-electron chi connectivity index (χ2n) is 5.96. The number of hydrogen-bond donors (Lipinski definition) is 0. The maximum atomic E-state index is 13.8. The minimum Gasteiger partial charge on any atom is -0.459 e. The highest BCUT2D eigenvalue weighted by atomic mass is 19.4. The maximum absolute atomic E-state index is 13.8. The van der Waals surface area contributed by atoms with Gasteiger partial charge in [-0.25, -0.2) is 4.79 Å². The van der Waals surface area contributed by atoms with Crippen LogP contribution in [0.3, 0.4) is 0 Å². The van der Waals surface area contributed by atoms with Crippen LogP contribution in [0.25, 0.3) is 0 Å². The third kappa shape index (κ3) is 3.80. The van der Waals surface area contributed by atoms with Gasteiger partial charge in [0.05, 0.1) is 0 Å². The Labute approximate surface area is 140 Å². The zero-order chi connectivity index (χ0) is 18.5. The van der Waals surface area contributed by atoms with Gasteiger partial charge in [0, 0.05) is 18.6 Å². The quantitative estimate of drug-likeness (QED) is 0.540. The number of benzene rings is 1. The van der Waals surface area contributed by atoms with E-state index < -0.39 is 23.9 Å². The van der Waals surface area contributed by atoms with Crippen molar-refractivity contribution in [2.45, 2.75) is 38.7 Å². The van der Waals surface area contributed by atoms with E-state index in [1.165, 1.54) is 24.3 Å². The van der Waals surface area contributed by atoms with E-state index in [1.54, 1.807) is 32.9 Å². The Morgan fingerprint density at radius 2 is 1.71 bits per heavy atom. The van der Waals surface area contributed by atoms with Gasteiger partial charge in [-0.2, -0.15) is 13.2 Å². The van der Waals surface area contributed by atoms with Crippen LogP contribution in [0, 0.1) is 11.8 Å². The summed E-state index contributed by atoms with van der Waals surface area (Å²) < 4.78 is 51.4. The van der Waals surface area contributed by atoms with Crippen LogP contribution in [0.15, 0.2) is 43.0 Å². The summed E-state index contributed by atoms with van der Waals surface area (Å²) in [6.07, 6.45) is -4.17. The topological polar surface area (TPSA) is 35.5 Å². The van der Waals surface area contributed by atoms with Crippen LogP contribution in [-0.4, -0.2) is 25.4 Å². The molecule has 0 aliphatic heterocycles. The zero-order valence-corrected chi connectivity index (χ0v) is 14.3. The lowest BCUT2D eigenvalue weighted by molar-refractivity contribution is -0.279. The molecule has 134 valence electrons. The number of hydrogen-bond acceptors (Lipinski definition) is 3. The lowest BCUT2D eigenvalue weighted by Crippen LogP contribution is -2.53. The first-order valence-corrected chi connectivity index (χ1v) is 7.62. The van der Waals surface area contributed by atoms with Crippen molar-refractivity contribution in [3.05, 3.63) is 48.6 Å². The number of alkyl halides is 3. The van der Waals surface area contributed by atoms with Gasteiger partial charge in [0.15, 0.2) is 0 Å². The Balaban J connectivity index is 3.35. The van der Waals surface area contributed by atoms with E-state index in [-0.39, 0.29) is 17.4 Å².